The van der Waals surface area contributed by atoms with E-state index in [1.807, 2.05) is 46.1 Å². The van der Waals surface area contributed by atoms with Gasteiger partial charge in [-0.2, -0.15) is 5.10 Å². The number of rotatable bonds is 5. The van der Waals surface area contributed by atoms with Gasteiger partial charge in [-0.1, -0.05) is 24.3 Å². The lowest BCUT2D eigenvalue weighted by Gasteiger charge is -2.34. The zero-order valence-electron chi connectivity index (χ0n) is 14.6. The molecule has 0 bridgehead atoms. The zero-order chi connectivity index (χ0) is 17.8. The second-order valence-corrected chi connectivity index (χ2v) is 7.57. The molecule has 1 aliphatic rings. The molecule has 1 amide bonds. The third-order valence-electron chi connectivity index (χ3n) is 4.70. The van der Waals surface area contributed by atoms with Crippen LogP contribution in [0.4, 0.5) is 0 Å². The highest BCUT2D eigenvalue weighted by Crippen LogP contribution is 2.14. The third kappa shape index (κ3) is 4.03. The summed E-state index contributed by atoms with van der Waals surface area (Å²) in [6.45, 7) is 4.47. The van der Waals surface area contributed by atoms with Gasteiger partial charge in [0.2, 0.25) is 5.91 Å². The van der Waals surface area contributed by atoms with Gasteiger partial charge < -0.3 is 4.90 Å². The molecule has 5 nitrogen and oxygen atoms in total. The van der Waals surface area contributed by atoms with Crippen LogP contribution in [0.5, 0.6) is 0 Å². The van der Waals surface area contributed by atoms with E-state index in [0.29, 0.717) is 6.42 Å². The molecule has 1 aliphatic heterocycles. The maximum Gasteiger partial charge on any atom is 0.227 e. The molecule has 0 spiro atoms. The van der Waals surface area contributed by atoms with Crippen molar-refractivity contribution in [1.82, 2.24) is 19.6 Å². The summed E-state index contributed by atoms with van der Waals surface area (Å²) in [4.78, 5) is 18.4. The average molecular weight is 366 g/mol. The fraction of sp³-hybridized carbons (Fsp3) is 0.300. The standard InChI is InChI=1S/C20H22N4OS/c25-20(13-17-14-21-24(15-17)18-5-2-1-3-6-18)23-10-8-22(9-11-23)16-19-7-4-12-26-19/h1-7,12,14-15H,8-11,13,16H2. The molecule has 0 unspecified atom stereocenters. The molecule has 1 fully saturated rings. The highest BCUT2D eigenvalue weighted by atomic mass is 32.1. The Kier molecular flexibility index (Phi) is 5.13. The second-order valence-electron chi connectivity index (χ2n) is 6.54. The van der Waals surface area contributed by atoms with Crippen LogP contribution >= 0.6 is 11.3 Å². The first kappa shape index (κ1) is 17.0. The van der Waals surface area contributed by atoms with Crippen molar-refractivity contribution >= 4 is 17.2 Å². The Balaban J connectivity index is 1.30. The van der Waals surface area contributed by atoms with Crippen LogP contribution in [-0.2, 0) is 17.8 Å². The van der Waals surface area contributed by atoms with E-state index in [-0.39, 0.29) is 5.91 Å². The molecule has 3 aromatic rings. The average Bonchev–Trinajstić information content (AvgIpc) is 3.35. The summed E-state index contributed by atoms with van der Waals surface area (Å²) in [7, 11) is 0. The lowest BCUT2D eigenvalue weighted by molar-refractivity contribution is -0.132. The Labute approximate surface area is 157 Å². The van der Waals surface area contributed by atoms with E-state index in [1.165, 1.54) is 4.88 Å². The SMILES string of the molecule is O=C(Cc1cnn(-c2ccccc2)c1)N1CCN(Cc2cccs2)CC1. The Hall–Kier alpha value is -2.44. The van der Waals surface area contributed by atoms with E-state index < -0.39 is 0 Å². The minimum Gasteiger partial charge on any atom is -0.340 e. The number of piperazine rings is 1. The number of para-hydroxylation sites is 1. The van der Waals surface area contributed by atoms with Crippen LogP contribution in [0.3, 0.4) is 0 Å². The molecule has 0 radical (unpaired) electrons. The second kappa shape index (κ2) is 7.85. The minimum atomic E-state index is 0.188. The number of carbonyl (C=O) groups is 1. The summed E-state index contributed by atoms with van der Waals surface area (Å²) in [6.07, 6.45) is 4.15. The van der Waals surface area contributed by atoms with Gasteiger partial charge in [-0.05, 0) is 29.1 Å². The fourth-order valence-electron chi connectivity index (χ4n) is 3.24. The van der Waals surface area contributed by atoms with Gasteiger partial charge >= 0.3 is 0 Å². The van der Waals surface area contributed by atoms with Crippen molar-refractivity contribution in [3.05, 3.63) is 70.7 Å². The molecule has 134 valence electrons. The summed E-state index contributed by atoms with van der Waals surface area (Å²) < 4.78 is 1.82. The van der Waals surface area contributed by atoms with Gasteiger partial charge in [-0.15, -0.1) is 11.3 Å². The lowest BCUT2D eigenvalue weighted by atomic mass is 10.2. The van der Waals surface area contributed by atoms with Crippen LogP contribution in [0.2, 0.25) is 0 Å². The molecule has 0 atom stereocenters. The molecule has 3 heterocycles. The van der Waals surface area contributed by atoms with E-state index >= 15 is 0 Å². The molecule has 2 aromatic heterocycles. The molecule has 4 rings (SSSR count). The minimum absolute atomic E-state index is 0.188. The Morgan fingerprint density at radius 3 is 2.58 bits per heavy atom. The Morgan fingerprint density at radius 2 is 1.85 bits per heavy atom. The first-order valence-corrected chi connectivity index (χ1v) is 9.77. The molecule has 0 aliphatic carbocycles. The topological polar surface area (TPSA) is 41.4 Å². The van der Waals surface area contributed by atoms with Gasteiger partial charge in [0.05, 0.1) is 18.3 Å². The van der Waals surface area contributed by atoms with E-state index in [2.05, 4.69) is 27.5 Å². The molecule has 0 saturated carbocycles. The van der Waals surface area contributed by atoms with Crippen molar-refractivity contribution in [1.29, 1.82) is 0 Å². The van der Waals surface area contributed by atoms with Crippen LogP contribution in [0.25, 0.3) is 5.69 Å². The zero-order valence-corrected chi connectivity index (χ0v) is 15.4. The summed E-state index contributed by atoms with van der Waals surface area (Å²) >= 11 is 1.79. The van der Waals surface area contributed by atoms with E-state index in [9.17, 15) is 4.79 Å². The third-order valence-corrected chi connectivity index (χ3v) is 5.56. The first-order valence-electron chi connectivity index (χ1n) is 8.89. The Morgan fingerprint density at radius 1 is 1.04 bits per heavy atom. The van der Waals surface area contributed by atoms with Gasteiger partial charge in [0, 0.05) is 43.8 Å². The van der Waals surface area contributed by atoms with Gasteiger partial charge in [0.1, 0.15) is 0 Å². The summed E-state index contributed by atoms with van der Waals surface area (Å²) in [5.74, 6) is 0.188. The van der Waals surface area contributed by atoms with Crippen molar-refractivity contribution in [2.75, 3.05) is 26.2 Å². The summed E-state index contributed by atoms with van der Waals surface area (Å²) in [6, 6.07) is 14.2. The molecule has 1 aromatic carbocycles. The van der Waals surface area contributed by atoms with Crippen molar-refractivity contribution < 1.29 is 4.79 Å². The predicted octanol–water partition coefficient (Wildman–Crippen LogP) is 2.82. The smallest absolute Gasteiger partial charge is 0.227 e. The highest BCUT2D eigenvalue weighted by Gasteiger charge is 2.21. The van der Waals surface area contributed by atoms with Crippen molar-refractivity contribution in [2.24, 2.45) is 0 Å². The van der Waals surface area contributed by atoms with Gasteiger partial charge in [0.15, 0.2) is 0 Å². The summed E-state index contributed by atoms with van der Waals surface area (Å²) in [5.41, 5.74) is 1.97. The van der Waals surface area contributed by atoms with Crippen LogP contribution in [-0.4, -0.2) is 51.7 Å². The largest absolute Gasteiger partial charge is 0.340 e. The van der Waals surface area contributed by atoms with Crippen LogP contribution < -0.4 is 0 Å². The molecule has 6 heteroatoms. The number of carbonyl (C=O) groups excluding carboxylic acids is 1. The molecular weight excluding hydrogens is 344 g/mol. The number of thiophene rings is 1. The van der Waals surface area contributed by atoms with Crippen LogP contribution in [0.1, 0.15) is 10.4 Å². The van der Waals surface area contributed by atoms with Gasteiger partial charge in [-0.25, -0.2) is 4.68 Å². The maximum atomic E-state index is 12.6. The van der Waals surface area contributed by atoms with Crippen LogP contribution in [0, 0.1) is 0 Å². The number of nitrogens with zero attached hydrogens (tertiary/aromatic N) is 4. The van der Waals surface area contributed by atoms with E-state index in [1.54, 1.807) is 17.5 Å². The Bertz CT molecular complexity index is 836. The number of hydrogen-bond acceptors (Lipinski definition) is 4. The summed E-state index contributed by atoms with van der Waals surface area (Å²) in [5, 5.41) is 6.49. The van der Waals surface area contributed by atoms with Crippen LogP contribution in [0.15, 0.2) is 60.2 Å². The lowest BCUT2D eigenvalue weighted by Crippen LogP contribution is -2.48. The predicted molar refractivity (Wildman–Crippen MR) is 103 cm³/mol. The fourth-order valence-corrected chi connectivity index (χ4v) is 3.98. The monoisotopic (exact) mass is 366 g/mol. The first-order chi connectivity index (χ1) is 12.8. The van der Waals surface area contributed by atoms with Gasteiger partial charge in [-0.3, -0.25) is 9.69 Å². The number of hydrogen-bond donors (Lipinski definition) is 0. The van der Waals surface area contributed by atoms with Crippen molar-refractivity contribution in [2.45, 2.75) is 13.0 Å². The molecule has 1 saturated heterocycles. The molecule has 26 heavy (non-hydrogen) atoms. The van der Waals surface area contributed by atoms with Crippen molar-refractivity contribution in [3.63, 3.8) is 0 Å². The number of benzene rings is 1. The normalized spacial score (nSPS) is 15.3. The number of aromatic nitrogens is 2. The van der Waals surface area contributed by atoms with Crippen molar-refractivity contribution in [3.8, 4) is 5.69 Å². The quantitative estimate of drug-likeness (QED) is 0.697. The highest BCUT2D eigenvalue weighted by molar-refractivity contribution is 7.09. The van der Waals surface area contributed by atoms with E-state index in [0.717, 1.165) is 44.0 Å². The maximum absolute atomic E-state index is 12.6. The molecule has 0 N–H and O–H groups in total. The van der Waals surface area contributed by atoms with Gasteiger partial charge in [0.25, 0.3) is 0 Å². The van der Waals surface area contributed by atoms with E-state index in [4.69, 9.17) is 0 Å². The molecular formula is C20H22N4OS. The number of amides is 1.